The number of sulfonamides is 1. The lowest BCUT2D eigenvalue weighted by Gasteiger charge is -2.08. The molecule has 2 aromatic carbocycles. The number of hydrogen-bond donors (Lipinski definition) is 2. The predicted molar refractivity (Wildman–Crippen MR) is 87.6 cm³/mol. The molecule has 2 rings (SSSR count). The van der Waals surface area contributed by atoms with E-state index in [1.807, 2.05) is 0 Å². The Kier molecular flexibility index (Phi) is 4.82. The lowest BCUT2D eigenvalue weighted by atomic mass is 10.2. The lowest BCUT2D eigenvalue weighted by molar-refractivity contribution is 0.102. The molecule has 2 aromatic rings. The molecule has 0 saturated carbocycles. The normalized spacial score (nSPS) is 11.2. The second-order valence-corrected chi connectivity index (χ2v) is 7.48. The molecule has 8 heteroatoms. The van der Waals surface area contributed by atoms with E-state index in [4.69, 9.17) is 5.14 Å². The number of nitrogens with one attached hydrogen (secondary N) is 1. The van der Waals surface area contributed by atoms with E-state index in [9.17, 15) is 13.2 Å². The fourth-order valence-corrected chi connectivity index (χ4v) is 3.41. The van der Waals surface area contributed by atoms with Gasteiger partial charge in [0.05, 0.1) is 10.5 Å². The number of benzene rings is 2. The minimum absolute atomic E-state index is 0.0600. The molecule has 21 heavy (non-hydrogen) atoms. The number of primary sulfonamides is 1. The Morgan fingerprint density at radius 3 is 2.43 bits per heavy atom. The van der Waals surface area contributed by atoms with Crippen LogP contribution in [0.25, 0.3) is 0 Å². The summed E-state index contributed by atoms with van der Waals surface area (Å²) in [5, 5.41) is 7.68. The summed E-state index contributed by atoms with van der Waals surface area (Å²) in [6.07, 6.45) is 0. The van der Waals surface area contributed by atoms with Gasteiger partial charge in [0.1, 0.15) is 0 Å². The van der Waals surface area contributed by atoms with E-state index in [2.05, 4.69) is 37.2 Å². The van der Waals surface area contributed by atoms with Crippen molar-refractivity contribution in [2.45, 2.75) is 4.90 Å². The molecule has 0 unspecified atom stereocenters. The Balaban J connectivity index is 2.28. The summed E-state index contributed by atoms with van der Waals surface area (Å²) in [6, 6.07) is 10.9. The monoisotopic (exact) mass is 432 g/mol. The van der Waals surface area contributed by atoms with Gasteiger partial charge in [-0.05, 0) is 52.3 Å². The third-order valence-corrected chi connectivity index (χ3v) is 4.66. The first-order valence-corrected chi connectivity index (χ1v) is 8.80. The molecule has 0 spiro atoms. The molecular formula is C13H10Br2N2O3S. The Bertz CT molecular complexity index is 807. The standard InChI is InChI=1S/C13H10Br2N2O3S/c14-8-4-5-11(12(15)6-8)13(18)17-9-2-1-3-10(7-9)21(16,19)20/h1-7H,(H,17,18)(H2,16,19,20). The highest BCUT2D eigenvalue weighted by molar-refractivity contribution is 9.11. The van der Waals surface area contributed by atoms with Gasteiger partial charge in [0.2, 0.25) is 10.0 Å². The van der Waals surface area contributed by atoms with Crippen molar-refractivity contribution in [3.8, 4) is 0 Å². The second-order valence-electron chi connectivity index (χ2n) is 4.15. The quantitative estimate of drug-likeness (QED) is 0.779. The van der Waals surface area contributed by atoms with E-state index in [1.54, 1.807) is 24.3 Å². The van der Waals surface area contributed by atoms with Gasteiger partial charge in [-0.2, -0.15) is 0 Å². The Hall–Kier alpha value is -1.22. The average Bonchev–Trinajstić information content (AvgIpc) is 2.37. The summed E-state index contributed by atoms with van der Waals surface area (Å²) >= 11 is 6.60. The van der Waals surface area contributed by atoms with Crippen molar-refractivity contribution in [1.82, 2.24) is 0 Å². The summed E-state index contributed by atoms with van der Waals surface area (Å²) in [4.78, 5) is 12.1. The Morgan fingerprint density at radius 1 is 1.10 bits per heavy atom. The van der Waals surface area contributed by atoms with Crippen LogP contribution in [0.5, 0.6) is 0 Å². The molecule has 1 amide bonds. The van der Waals surface area contributed by atoms with Crippen LogP contribution in [0.4, 0.5) is 5.69 Å². The Morgan fingerprint density at radius 2 is 1.81 bits per heavy atom. The molecule has 3 N–H and O–H groups in total. The maximum Gasteiger partial charge on any atom is 0.256 e. The molecule has 0 fully saturated rings. The van der Waals surface area contributed by atoms with Crippen molar-refractivity contribution in [3.63, 3.8) is 0 Å². The highest BCUT2D eigenvalue weighted by Crippen LogP contribution is 2.23. The Labute approximate surface area is 138 Å². The van der Waals surface area contributed by atoms with Crippen LogP contribution in [0.15, 0.2) is 56.3 Å². The minimum atomic E-state index is -3.81. The van der Waals surface area contributed by atoms with Crippen LogP contribution in [-0.2, 0) is 10.0 Å². The maximum absolute atomic E-state index is 12.2. The molecule has 0 bridgehead atoms. The van der Waals surface area contributed by atoms with Gasteiger partial charge in [-0.25, -0.2) is 13.6 Å². The zero-order valence-electron chi connectivity index (χ0n) is 10.5. The molecule has 5 nitrogen and oxygen atoms in total. The first-order chi connectivity index (χ1) is 9.77. The summed E-state index contributed by atoms with van der Waals surface area (Å²) in [6.45, 7) is 0. The molecular weight excluding hydrogens is 424 g/mol. The molecule has 0 atom stereocenters. The number of hydrogen-bond acceptors (Lipinski definition) is 3. The van der Waals surface area contributed by atoms with Crippen molar-refractivity contribution in [2.75, 3.05) is 5.32 Å². The smallest absolute Gasteiger partial charge is 0.256 e. The fourth-order valence-electron chi connectivity index (χ4n) is 1.62. The van der Waals surface area contributed by atoms with Gasteiger partial charge in [0.15, 0.2) is 0 Å². The SMILES string of the molecule is NS(=O)(=O)c1cccc(NC(=O)c2ccc(Br)cc2Br)c1. The lowest BCUT2D eigenvalue weighted by Crippen LogP contribution is -2.15. The molecule has 0 aliphatic carbocycles. The van der Waals surface area contributed by atoms with E-state index in [1.165, 1.54) is 18.2 Å². The number of amides is 1. The predicted octanol–water partition coefficient (Wildman–Crippen LogP) is 3.11. The topological polar surface area (TPSA) is 89.3 Å². The number of nitrogens with two attached hydrogens (primary N) is 1. The summed E-state index contributed by atoms with van der Waals surface area (Å²) in [5.74, 6) is -0.360. The van der Waals surface area contributed by atoms with Crippen LogP contribution in [-0.4, -0.2) is 14.3 Å². The number of anilines is 1. The van der Waals surface area contributed by atoms with E-state index >= 15 is 0 Å². The molecule has 0 saturated heterocycles. The van der Waals surface area contributed by atoms with Crippen molar-refractivity contribution >= 4 is 53.5 Å². The highest BCUT2D eigenvalue weighted by Gasteiger charge is 2.12. The number of carbonyl (C=O) groups is 1. The fraction of sp³-hybridized carbons (Fsp3) is 0. The number of carbonyl (C=O) groups excluding carboxylic acids is 1. The van der Waals surface area contributed by atoms with Gasteiger partial charge in [-0.15, -0.1) is 0 Å². The van der Waals surface area contributed by atoms with Gasteiger partial charge < -0.3 is 5.32 Å². The highest BCUT2D eigenvalue weighted by atomic mass is 79.9. The number of rotatable bonds is 3. The van der Waals surface area contributed by atoms with Crippen molar-refractivity contribution in [3.05, 3.63) is 57.0 Å². The van der Waals surface area contributed by atoms with E-state index in [0.29, 0.717) is 15.7 Å². The van der Waals surface area contributed by atoms with Gasteiger partial charge in [0, 0.05) is 14.6 Å². The van der Waals surface area contributed by atoms with Crippen LogP contribution in [0.2, 0.25) is 0 Å². The van der Waals surface area contributed by atoms with Gasteiger partial charge >= 0.3 is 0 Å². The molecule has 0 heterocycles. The average molecular weight is 434 g/mol. The van der Waals surface area contributed by atoms with Crippen molar-refractivity contribution in [2.24, 2.45) is 5.14 Å². The van der Waals surface area contributed by atoms with E-state index < -0.39 is 10.0 Å². The third-order valence-electron chi connectivity index (χ3n) is 2.60. The van der Waals surface area contributed by atoms with Gasteiger partial charge in [-0.1, -0.05) is 22.0 Å². The zero-order valence-corrected chi connectivity index (χ0v) is 14.5. The maximum atomic E-state index is 12.2. The van der Waals surface area contributed by atoms with E-state index in [-0.39, 0.29) is 10.8 Å². The molecule has 110 valence electrons. The zero-order chi connectivity index (χ0) is 15.6. The summed E-state index contributed by atoms with van der Waals surface area (Å²) in [5.41, 5.74) is 0.778. The van der Waals surface area contributed by atoms with Crippen LogP contribution < -0.4 is 10.5 Å². The van der Waals surface area contributed by atoms with Crippen molar-refractivity contribution < 1.29 is 13.2 Å². The van der Waals surface area contributed by atoms with Crippen LogP contribution in [0, 0.1) is 0 Å². The van der Waals surface area contributed by atoms with Gasteiger partial charge in [0.25, 0.3) is 5.91 Å². The van der Waals surface area contributed by atoms with Crippen molar-refractivity contribution in [1.29, 1.82) is 0 Å². The van der Waals surface area contributed by atoms with E-state index in [0.717, 1.165) is 4.47 Å². The first-order valence-electron chi connectivity index (χ1n) is 5.66. The van der Waals surface area contributed by atoms with Crippen LogP contribution in [0.1, 0.15) is 10.4 Å². The van der Waals surface area contributed by atoms with Crippen LogP contribution >= 0.6 is 31.9 Å². The summed E-state index contributed by atoms with van der Waals surface area (Å²) in [7, 11) is -3.81. The minimum Gasteiger partial charge on any atom is -0.322 e. The van der Waals surface area contributed by atoms with Gasteiger partial charge in [-0.3, -0.25) is 4.79 Å². The summed E-state index contributed by atoms with van der Waals surface area (Å²) < 4.78 is 24.0. The second kappa shape index (κ2) is 6.27. The number of halogens is 2. The molecule has 0 radical (unpaired) electrons. The van der Waals surface area contributed by atoms with Crippen LogP contribution in [0.3, 0.4) is 0 Å². The molecule has 0 aromatic heterocycles. The first kappa shape index (κ1) is 16.2. The molecule has 0 aliphatic rings. The largest absolute Gasteiger partial charge is 0.322 e. The molecule has 0 aliphatic heterocycles. The third kappa shape index (κ3) is 4.13.